The van der Waals surface area contributed by atoms with Crippen LogP contribution in [-0.4, -0.2) is 18.3 Å². The van der Waals surface area contributed by atoms with Crippen LogP contribution in [0.3, 0.4) is 0 Å². The summed E-state index contributed by atoms with van der Waals surface area (Å²) in [4.78, 5) is 0. The second-order valence-corrected chi connectivity index (χ2v) is 4.14. The maximum Gasteiger partial charge on any atom is 0.256 e. The second-order valence-electron chi connectivity index (χ2n) is 3.77. The smallest absolute Gasteiger partial charge is 0.256 e. The maximum absolute atomic E-state index is 5.27. The summed E-state index contributed by atoms with van der Waals surface area (Å²) in [6, 6.07) is 0. The minimum Gasteiger partial charge on any atom is -0.471 e. The highest BCUT2D eigenvalue weighted by atomic mass is 32.1. The maximum atomic E-state index is 5.27. The van der Waals surface area contributed by atoms with Crippen LogP contribution in [0.2, 0.25) is 0 Å². The van der Waals surface area contributed by atoms with Gasteiger partial charge in [0.2, 0.25) is 0 Å². The van der Waals surface area contributed by atoms with Crippen molar-refractivity contribution in [3.05, 3.63) is 0 Å². The van der Waals surface area contributed by atoms with E-state index in [1.54, 1.807) is 0 Å². The largest absolute Gasteiger partial charge is 0.471 e. The van der Waals surface area contributed by atoms with Gasteiger partial charge in [-0.2, -0.15) is 0 Å². The van der Waals surface area contributed by atoms with Crippen LogP contribution in [0.15, 0.2) is 0 Å². The second kappa shape index (κ2) is 6.23. The Balaban J connectivity index is 3.34. The molecule has 0 aliphatic rings. The van der Waals surface area contributed by atoms with Crippen LogP contribution < -0.4 is 5.32 Å². The Labute approximate surface area is 80.7 Å². The summed E-state index contributed by atoms with van der Waals surface area (Å²) >= 11 is 4.96. The third-order valence-corrected chi connectivity index (χ3v) is 1.46. The van der Waals surface area contributed by atoms with Gasteiger partial charge < -0.3 is 10.1 Å². The number of hydrogen-bond donors (Lipinski definition) is 1. The zero-order valence-corrected chi connectivity index (χ0v) is 9.20. The van der Waals surface area contributed by atoms with E-state index < -0.39 is 0 Å². The molecule has 0 radical (unpaired) electrons. The molecule has 0 saturated carbocycles. The van der Waals surface area contributed by atoms with E-state index in [2.05, 4.69) is 33.0 Å². The fraction of sp³-hybridized carbons (Fsp3) is 0.889. The number of hydrogen-bond acceptors (Lipinski definition) is 2. The van der Waals surface area contributed by atoms with Gasteiger partial charge >= 0.3 is 0 Å². The summed E-state index contributed by atoms with van der Waals surface area (Å²) in [6.07, 6.45) is 0. The van der Waals surface area contributed by atoms with Crippen LogP contribution in [-0.2, 0) is 4.74 Å². The molecule has 0 amide bonds. The Hall–Kier alpha value is -0.310. The Morgan fingerprint density at radius 3 is 2.25 bits per heavy atom. The van der Waals surface area contributed by atoms with E-state index in [-0.39, 0.29) is 0 Å². The van der Waals surface area contributed by atoms with Gasteiger partial charge in [0.1, 0.15) is 0 Å². The standard InChI is InChI=1S/C9H19NOS/c1-7(2)5-10-9(12)11-6-8(3)4/h7-8H,5-6H2,1-4H3,(H,10,12). The van der Waals surface area contributed by atoms with Gasteiger partial charge in [-0.15, -0.1) is 0 Å². The highest BCUT2D eigenvalue weighted by Gasteiger charge is 1.99. The fourth-order valence-corrected chi connectivity index (χ4v) is 0.732. The third-order valence-electron chi connectivity index (χ3n) is 1.20. The number of rotatable bonds is 4. The molecule has 0 heterocycles. The van der Waals surface area contributed by atoms with Gasteiger partial charge in [0.05, 0.1) is 6.61 Å². The molecule has 0 aliphatic heterocycles. The summed E-state index contributed by atoms with van der Waals surface area (Å²) in [5.41, 5.74) is 0. The molecule has 3 heteroatoms. The minimum absolute atomic E-state index is 0.525. The van der Waals surface area contributed by atoms with Crippen molar-refractivity contribution in [1.82, 2.24) is 5.32 Å². The van der Waals surface area contributed by atoms with Gasteiger partial charge in [0.25, 0.3) is 5.17 Å². The molecular weight excluding hydrogens is 170 g/mol. The highest BCUT2D eigenvalue weighted by Crippen LogP contribution is 1.93. The molecule has 0 saturated heterocycles. The van der Waals surface area contributed by atoms with Crippen LogP contribution in [0, 0.1) is 11.8 Å². The molecule has 72 valence electrons. The molecule has 12 heavy (non-hydrogen) atoms. The minimum atomic E-state index is 0.525. The first-order valence-electron chi connectivity index (χ1n) is 4.43. The van der Waals surface area contributed by atoms with E-state index in [4.69, 9.17) is 17.0 Å². The molecule has 0 bridgehead atoms. The first kappa shape index (κ1) is 11.7. The molecule has 2 nitrogen and oxygen atoms in total. The van der Waals surface area contributed by atoms with Crippen molar-refractivity contribution in [1.29, 1.82) is 0 Å². The van der Waals surface area contributed by atoms with Crippen molar-refractivity contribution < 1.29 is 4.74 Å². The van der Waals surface area contributed by atoms with E-state index in [1.165, 1.54) is 0 Å². The summed E-state index contributed by atoms with van der Waals surface area (Å²) in [5, 5.41) is 3.57. The normalized spacial score (nSPS) is 10.5. The molecule has 0 aromatic heterocycles. The van der Waals surface area contributed by atoms with E-state index in [9.17, 15) is 0 Å². The van der Waals surface area contributed by atoms with Crippen LogP contribution in [0.25, 0.3) is 0 Å². The van der Waals surface area contributed by atoms with Crippen molar-refractivity contribution in [3.63, 3.8) is 0 Å². The SMILES string of the molecule is CC(C)CNC(=S)OCC(C)C. The molecule has 0 aromatic carbocycles. The van der Waals surface area contributed by atoms with Gasteiger partial charge in [-0.05, 0) is 24.1 Å². The van der Waals surface area contributed by atoms with E-state index in [0.717, 1.165) is 6.54 Å². The van der Waals surface area contributed by atoms with Crippen LogP contribution in [0.4, 0.5) is 0 Å². The Morgan fingerprint density at radius 1 is 1.25 bits per heavy atom. The number of ether oxygens (including phenoxy) is 1. The lowest BCUT2D eigenvalue weighted by Crippen LogP contribution is -2.28. The quantitative estimate of drug-likeness (QED) is 0.685. The predicted molar refractivity (Wildman–Crippen MR) is 56.2 cm³/mol. The number of thiocarbonyl (C=S) groups is 1. The van der Waals surface area contributed by atoms with E-state index in [0.29, 0.717) is 23.6 Å². The molecule has 0 aliphatic carbocycles. The average molecular weight is 189 g/mol. The average Bonchev–Trinajstić information content (AvgIpc) is 1.96. The monoisotopic (exact) mass is 189 g/mol. The van der Waals surface area contributed by atoms with Gasteiger partial charge in [-0.1, -0.05) is 27.7 Å². The summed E-state index contributed by atoms with van der Waals surface area (Å²) < 4.78 is 5.27. The van der Waals surface area contributed by atoms with Crippen molar-refractivity contribution in [3.8, 4) is 0 Å². The first-order chi connectivity index (χ1) is 5.52. The van der Waals surface area contributed by atoms with Crippen LogP contribution in [0.5, 0.6) is 0 Å². The number of nitrogens with one attached hydrogen (secondary N) is 1. The Bertz CT molecular complexity index is 120. The summed E-state index contributed by atoms with van der Waals surface area (Å²) in [5.74, 6) is 1.13. The summed E-state index contributed by atoms with van der Waals surface area (Å²) in [7, 11) is 0. The Morgan fingerprint density at radius 2 is 1.83 bits per heavy atom. The molecule has 1 N–H and O–H groups in total. The predicted octanol–water partition coefficient (Wildman–Crippen LogP) is 2.19. The first-order valence-corrected chi connectivity index (χ1v) is 4.83. The molecular formula is C9H19NOS. The van der Waals surface area contributed by atoms with Crippen molar-refractivity contribution >= 4 is 17.4 Å². The third kappa shape index (κ3) is 7.79. The lowest BCUT2D eigenvalue weighted by molar-refractivity contribution is 0.253. The molecule has 0 atom stereocenters. The van der Waals surface area contributed by atoms with E-state index >= 15 is 0 Å². The lowest BCUT2D eigenvalue weighted by Gasteiger charge is -2.12. The van der Waals surface area contributed by atoms with Gasteiger partial charge in [0.15, 0.2) is 0 Å². The van der Waals surface area contributed by atoms with Crippen molar-refractivity contribution in [2.24, 2.45) is 11.8 Å². The van der Waals surface area contributed by atoms with Crippen LogP contribution >= 0.6 is 12.2 Å². The fourth-order valence-electron chi connectivity index (χ4n) is 0.581. The Kier molecular flexibility index (Phi) is 6.07. The van der Waals surface area contributed by atoms with Gasteiger partial charge in [0, 0.05) is 6.54 Å². The van der Waals surface area contributed by atoms with Gasteiger partial charge in [-0.25, -0.2) is 0 Å². The lowest BCUT2D eigenvalue weighted by atomic mass is 10.2. The van der Waals surface area contributed by atoms with Crippen LogP contribution in [0.1, 0.15) is 27.7 Å². The van der Waals surface area contributed by atoms with Gasteiger partial charge in [-0.3, -0.25) is 0 Å². The molecule has 0 rings (SSSR count). The van der Waals surface area contributed by atoms with Crippen molar-refractivity contribution in [2.45, 2.75) is 27.7 Å². The van der Waals surface area contributed by atoms with E-state index in [1.807, 2.05) is 0 Å². The topological polar surface area (TPSA) is 21.3 Å². The van der Waals surface area contributed by atoms with Crippen molar-refractivity contribution in [2.75, 3.05) is 13.2 Å². The summed E-state index contributed by atoms with van der Waals surface area (Å²) in [6.45, 7) is 10.1. The highest BCUT2D eigenvalue weighted by molar-refractivity contribution is 7.80. The molecule has 0 fully saturated rings. The molecule has 0 spiro atoms. The zero-order chi connectivity index (χ0) is 9.56. The molecule has 0 unspecified atom stereocenters. The molecule has 0 aromatic rings. The zero-order valence-electron chi connectivity index (χ0n) is 8.39.